The van der Waals surface area contributed by atoms with Crippen molar-refractivity contribution in [1.29, 1.82) is 0 Å². The monoisotopic (exact) mass is 205 g/mol. The molecule has 0 N–H and O–H groups in total. The number of esters is 1. The molecule has 1 aromatic rings. The van der Waals surface area contributed by atoms with E-state index in [2.05, 4.69) is 0 Å². The lowest BCUT2D eigenvalue weighted by atomic mass is 10.2. The average molecular weight is 205 g/mol. The molecule has 15 heavy (non-hydrogen) atoms. The molecule has 0 unspecified atom stereocenters. The number of rotatable bonds is 4. The van der Waals surface area contributed by atoms with Crippen LogP contribution in [0, 0.1) is 0 Å². The van der Waals surface area contributed by atoms with Gasteiger partial charge in [-0.3, -0.25) is 0 Å². The Hall–Kier alpha value is -2.10. The molecule has 0 saturated heterocycles. The van der Waals surface area contributed by atoms with Gasteiger partial charge < -0.3 is 4.74 Å². The highest BCUT2D eigenvalue weighted by Crippen LogP contribution is 2.00. The standard InChI is InChI=1S/C11H9O4/c12-10(13)6-7-11(14)15-8-9-4-2-1-3-5-9/h1-7H,8H2/b7-6-. The van der Waals surface area contributed by atoms with Gasteiger partial charge in [0.05, 0.1) is 0 Å². The summed E-state index contributed by atoms with van der Waals surface area (Å²) >= 11 is 0. The number of hydrogen-bond donors (Lipinski definition) is 0. The Morgan fingerprint density at radius 1 is 1.13 bits per heavy atom. The van der Waals surface area contributed by atoms with Crippen molar-refractivity contribution in [3.05, 3.63) is 48.0 Å². The van der Waals surface area contributed by atoms with Crippen LogP contribution in [0.4, 0.5) is 0 Å². The molecule has 0 aliphatic carbocycles. The molecule has 0 aromatic heterocycles. The maximum atomic E-state index is 10.9. The highest BCUT2D eigenvalue weighted by molar-refractivity contribution is 5.90. The molecule has 0 spiro atoms. The minimum Gasteiger partial charge on any atom is -0.458 e. The predicted octanol–water partition coefficient (Wildman–Crippen LogP) is 1.24. The molecule has 0 fully saturated rings. The third-order valence-corrected chi connectivity index (χ3v) is 1.58. The predicted molar refractivity (Wildman–Crippen MR) is 51.1 cm³/mol. The third kappa shape index (κ3) is 4.61. The van der Waals surface area contributed by atoms with Gasteiger partial charge in [-0.2, -0.15) is 0 Å². The quantitative estimate of drug-likeness (QED) is 0.548. The van der Waals surface area contributed by atoms with Gasteiger partial charge in [0.2, 0.25) is 0 Å². The van der Waals surface area contributed by atoms with E-state index >= 15 is 0 Å². The van der Waals surface area contributed by atoms with E-state index in [9.17, 15) is 14.7 Å². The van der Waals surface area contributed by atoms with Crippen LogP contribution in [-0.4, -0.2) is 11.9 Å². The summed E-state index contributed by atoms with van der Waals surface area (Å²) in [6.45, 7) is 0.122. The lowest BCUT2D eigenvalue weighted by Gasteiger charge is -2.00. The van der Waals surface area contributed by atoms with Crippen molar-refractivity contribution in [2.24, 2.45) is 0 Å². The molecule has 0 amide bonds. The van der Waals surface area contributed by atoms with E-state index in [0.717, 1.165) is 11.6 Å². The largest absolute Gasteiger partial charge is 0.458 e. The minimum absolute atomic E-state index is 0.122. The molecule has 4 heteroatoms. The first-order valence-electron chi connectivity index (χ1n) is 4.28. The van der Waals surface area contributed by atoms with Crippen LogP contribution in [0.1, 0.15) is 5.56 Å². The van der Waals surface area contributed by atoms with Crippen LogP contribution in [0.2, 0.25) is 0 Å². The molecule has 0 aliphatic heterocycles. The summed E-state index contributed by atoms with van der Waals surface area (Å²) < 4.78 is 4.76. The van der Waals surface area contributed by atoms with E-state index in [1.807, 2.05) is 18.2 Å². The van der Waals surface area contributed by atoms with Crippen molar-refractivity contribution in [2.75, 3.05) is 0 Å². The van der Waals surface area contributed by atoms with Crippen molar-refractivity contribution < 1.29 is 19.4 Å². The first kappa shape index (κ1) is 11.0. The Balaban J connectivity index is 2.38. The third-order valence-electron chi connectivity index (χ3n) is 1.58. The molecule has 0 saturated carbocycles. The van der Waals surface area contributed by atoms with E-state index in [1.165, 1.54) is 0 Å². The number of carbonyl (C=O) groups excluding carboxylic acids is 2. The van der Waals surface area contributed by atoms with Gasteiger partial charge in [0.25, 0.3) is 0 Å². The van der Waals surface area contributed by atoms with Crippen molar-refractivity contribution in [3.8, 4) is 0 Å². The second kappa shape index (κ2) is 5.59. The zero-order valence-corrected chi connectivity index (χ0v) is 7.88. The Morgan fingerprint density at radius 3 is 2.40 bits per heavy atom. The van der Waals surface area contributed by atoms with E-state index in [0.29, 0.717) is 6.08 Å². The molecule has 0 heterocycles. The molecule has 1 aromatic carbocycles. The summed E-state index contributed by atoms with van der Waals surface area (Å²) in [6, 6.07) is 9.09. The zero-order valence-electron chi connectivity index (χ0n) is 7.88. The lowest BCUT2D eigenvalue weighted by molar-refractivity contribution is -0.141. The summed E-state index contributed by atoms with van der Waals surface area (Å²) in [5.74, 6) is -2.13. The van der Waals surface area contributed by atoms with E-state index < -0.39 is 11.9 Å². The summed E-state index contributed by atoms with van der Waals surface area (Å²) in [5, 5.41) is 9.97. The molecular weight excluding hydrogens is 196 g/mol. The number of ether oxygens (including phenoxy) is 1. The van der Waals surface area contributed by atoms with Gasteiger partial charge in [-0.1, -0.05) is 30.3 Å². The highest BCUT2D eigenvalue weighted by atomic mass is 16.5. The van der Waals surface area contributed by atoms with Crippen molar-refractivity contribution in [1.82, 2.24) is 0 Å². The second-order valence-corrected chi connectivity index (χ2v) is 2.75. The van der Waals surface area contributed by atoms with Gasteiger partial charge in [-0.05, 0) is 5.56 Å². The molecule has 0 bridgehead atoms. The lowest BCUT2D eigenvalue weighted by Crippen LogP contribution is -2.01. The van der Waals surface area contributed by atoms with E-state index in [4.69, 9.17) is 4.74 Å². The maximum Gasteiger partial charge on any atom is 0.379 e. The molecule has 77 valence electrons. The van der Waals surface area contributed by atoms with Crippen molar-refractivity contribution in [3.63, 3.8) is 0 Å². The van der Waals surface area contributed by atoms with Gasteiger partial charge in [-0.25, -0.2) is 14.7 Å². The highest BCUT2D eigenvalue weighted by Gasteiger charge is 1.99. The van der Waals surface area contributed by atoms with Crippen LogP contribution in [-0.2, 0) is 26.0 Å². The first-order chi connectivity index (χ1) is 7.18. The fourth-order valence-electron chi connectivity index (χ4n) is 0.913. The topological polar surface area (TPSA) is 63.3 Å². The Morgan fingerprint density at radius 2 is 1.80 bits per heavy atom. The number of benzene rings is 1. The van der Waals surface area contributed by atoms with Crippen molar-refractivity contribution in [2.45, 2.75) is 6.61 Å². The van der Waals surface area contributed by atoms with Gasteiger partial charge in [-0.15, -0.1) is 0 Å². The molecule has 1 radical (unpaired) electrons. The molecule has 0 aliphatic rings. The Kier molecular flexibility index (Phi) is 4.09. The summed E-state index contributed by atoms with van der Waals surface area (Å²) in [4.78, 5) is 20.9. The molecule has 1 rings (SSSR count). The van der Waals surface area contributed by atoms with Crippen LogP contribution in [0.25, 0.3) is 0 Å². The summed E-state index contributed by atoms with van der Waals surface area (Å²) in [5.41, 5.74) is 0.840. The van der Waals surface area contributed by atoms with Crippen LogP contribution < -0.4 is 0 Å². The second-order valence-electron chi connectivity index (χ2n) is 2.75. The van der Waals surface area contributed by atoms with Gasteiger partial charge in [0.1, 0.15) is 6.61 Å². The van der Waals surface area contributed by atoms with E-state index in [1.54, 1.807) is 12.1 Å². The molecule has 4 nitrogen and oxygen atoms in total. The Bertz CT molecular complexity index is 367. The fourth-order valence-corrected chi connectivity index (χ4v) is 0.913. The van der Waals surface area contributed by atoms with Crippen LogP contribution in [0.15, 0.2) is 42.5 Å². The molecular formula is C11H9O4. The Labute approximate surface area is 86.8 Å². The zero-order chi connectivity index (χ0) is 11.1. The van der Waals surface area contributed by atoms with Gasteiger partial charge in [0.15, 0.2) is 0 Å². The normalized spacial score (nSPS) is 10.1. The first-order valence-corrected chi connectivity index (χ1v) is 4.28. The van der Waals surface area contributed by atoms with Gasteiger partial charge >= 0.3 is 11.9 Å². The molecule has 0 atom stereocenters. The van der Waals surface area contributed by atoms with Crippen LogP contribution in [0.5, 0.6) is 0 Å². The fraction of sp³-hybridized carbons (Fsp3) is 0.0909. The van der Waals surface area contributed by atoms with Crippen LogP contribution >= 0.6 is 0 Å². The minimum atomic E-state index is -1.42. The SMILES string of the molecule is [O]C(=O)/C=C\C(=O)OCc1ccccc1. The van der Waals surface area contributed by atoms with E-state index in [-0.39, 0.29) is 6.61 Å². The van der Waals surface area contributed by atoms with Crippen LogP contribution in [0.3, 0.4) is 0 Å². The van der Waals surface area contributed by atoms with Crippen molar-refractivity contribution >= 4 is 11.9 Å². The maximum absolute atomic E-state index is 10.9. The summed E-state index contributed by atoms with van der Waals surface area (Å²) in [7, 11) is 0. The number of carbonyl (C=O) groups is 2. The summed E-state index contributed by atoms with van der Waals surface area (Å²) in [6.07, 6.45) is 1.45. The smallest absolute Gasteiger partial charge is 0.379 e. The van der Waals surface area contributed by atoms with Gasteiger partial charge in [0, 0.05) is 12.2 Å². The number of hydrogen-bond acceptors (Lipinski definition) is 3. The average Bonchev–Trinajstić information content (AvgIpc) is 2.25.